The van der Waals surface area contributed by atoms with E-state index in [0.717, 1.165) is 53.5 Å². The first kappa shape index (κ1) is 25.1. The Bertz CT molecular complexity index is 1610. The fourth-order valence-electron chi connectivity index (χ4n) is 4.81. The van der Waals surface area contributed by atoms with E-state index in [9.17, 15) is 9.59 Å². The molecule has 0 fully saturated rings. The molecule has 194 valence electrons. The number of carbonyl (C=O) groups excluding carboxylic acids is 1. The van der Waals surface area contributed by atoms with Crippen LogP contribution in [0.25, 0.3) is 28.3 Å². The van der Waals surface area contributed by atoms with E-state index in [4.69, 9.17) is 0 Å². The van der Waals surface area contributed by atoms with Gasteiger partial charge in [0.1, 0.15) is 5.82 Å². The van der Waals surface area contributed by atoms with Crippen LogP contribution in [0, 0.1) is 0 Å². The number of hydrogen-bond acceptors (Lipinski definition) is 6. The van der Waals surface area contributed by atoms with Gasteiger partial charge in [-0.25, -0.2) is 4.79 Å². The first-order valence-electron chi connectivity index (χ1n) is 12.8. The number of aromatic amines is 1. The van der Waals surface area contributed by atoms with Crippen LogP contribution in [0.4, 0.5) is 0 Å². The normalized spacial score (nSPS) is 11.4. The molecule has 0 spiro atoms. The second-order valence-corrected chi connectivity index (χ2v) is 9.49. The van der Waals surface area contributed by atoms with Crippen LogP contribution in [-0.2, 0) is 13.0 Å². The molecule has 0 unspecified atom stereocenters. The standard InChI is InChI=1S/C28H30N8O2/c1-4-5-8-22-17-36(27-20(18-37)12-14-34(27)19(2)3)28(38)35(22)16-21-15-29-13-11-23(21)24-9-6-7-10-25(24)26-30-32-33-31-26/h6-7,9-15,17-19H,4-5,8,16H2,1-3H3,(H,30,31,32,33). The van der Waals surface area contributed by atoms with Gasteiger partial charge < -0.3 is 4.57 Å². The Hall–Kier alpha value is -4.60. The molecule has 0 aliphatic heterocycles. The number of H-pyrrole nitrogens is 1. The lowest BCUT2D eigenvalue weighted by molar-refractivity contribution is 0.112. The minimum absolute atomic E-state index is 0.0830. The van der Waals surface area contributed by atoms with Gasteiger partial charge in [-0.05, 0) is 60.7 Å². The van der Waals surface area contributed by atoms with E-state index in [-0.39, 0.29) is 11.7 Å². The van der Waals surface area contributed by atoms with Crippen LogP contribution in [0.3, 0.4) is 0 Å². The van der Waals surface area contributed by atoms with Gasteiger partial charge in [-0.3, -0.25) is 18.9 Å². The summed E-state index contributed by atoms with van der Waals surface area (Å²) in [5.74, 6) is 1.08. The SMILES string of the molecule is CCCCc1cn(-c2c(C=O)ccn2C(C)C)c(=O)n1Cc1cnccc1-c1ccccc1-c1nn[nH]n1. The lowest BCUT2D eigenvalue weighted by atomic mass is 9.96. The van der Waals surface area contributed by atoms with Gasteiger partial charge in [-0.2, -0.15) is 5.21 Å². The Balaban J connectivity index is 1.64. The third kappa shape index (κ3) is 4.60. The summed E-state index contributed by atoms with van der Waals surface area (Å²) in [7, 11) is 0. The van der Waals surface area contributed by atoms with Crippen LogP contribution in [0.15, 0.2) is 66.0 Å². The predicted octanol–water partition coefficient (Wildman–Crippen LogP) is 4.47. The number of benzene rings is 1. The van der Waals surface area contributed by atoms with E-state index in [1.807, 2.05) is 61.1 Å². The van der Waals surface area contributed by atoms with Crippen molar-refractivity contribution in [2.45, 2.75) is 52.6 Å². The van der Waals surface area contributed by atoms with E-state index < -0.39 is 0 Å². The van der Waals surface area contributed by atoms with Gasteiger partial charge in [-0.15, -0.1) is 10.2 Å². The summed E-state index contributed by atoms with van der Waals surface area (Å²) in [5.41, 5.74) is 4.76. The molecule has 4 heterocycles. The Labute approximate surface area is 220 Å². The summed E-state index contributed by atoms with van der Waals surface area (Å²) in [6, 6.07) is 11.6. The number of aryl methyl sites for hydroxylation is 1. The van der Waals surface area contributed by atoms with Crippen molar-refractivity contribution in [2.75, 3.05) is 0 Å². The lowest BCUT2D eigenvalue weighted by Gasteiger charge is -2.14. The molecule has 0 saturated heterocycles. The van der Waals surface area contributed by atoms with Crippen molar-refractivity contribution in [1.82, 2.24) is 39.3 Å². The number of nitrogens with one attached hydrogen (secondary N) is 1. The maximum Gasteiger partial charge on any atom is 0.334 e. The number of pyridine rings is 1. The predicted molar refractivity (Wildman–Crippen MR) is 144 cm³/mol. The molecule has 0 radical (unpaired) electrons. The Morgan fingerprint density at radius 1 is 1.08 bits per heavy atom. The van der Waals surface area contributed by atoms with E-state index >= 15 is 0 Å². The van der Waals surface area contributed by atoms with Crippen molar-refractivity contribution in [1.29, 1.82) is 0 Å². The summed E-state index contributed by atoms with van der Waals surface area (Å²) >= 11 is 0. The molecule has 1 aromatic carbocycles. The Morgan fingerprint density at radius 2 is 1.89 bits per heavy atom. The average molecular weight is 511 g/mol. The van der Waals surface area contributed by atoms with Crippen LogP contribution >= 0.6 is 0 Å². The lowest BCUT2D eigenvalue weighted by Crippen LogP contribution is -2.27. The monoisotopic (exact) mass is 510 g/mol. The van der Waals surface area contributed by atoms with Crippen LogP contribution < -0.4 is 5.69 Å². The molecule has 4 aromatic heterocycles. The van der Waals surface area contributed by atoms with Crippen molar-refractivity contribution < 1.29 is 4.79 Å². The summed E-state index contributed by atoms with van der Waals surface area (Å²) in [4.78, 5) is 30.2. The molecule has 5 aromatic rings. The number of hydrogen-bond donors (Lipinski definition) is 1. The molecule has 0 amide bonds. The second kappa shape index (κ2) is 10.8. The number of unbranched alkanes of at least 4 members (excludes halogenated alkanes) is 1. The summed E-state index contributed by atoms with van der Waals surface area (Å²) in [6.07, 6.45) is 10.8. The quantitative estimate of drug-likeness (QED) is 0.277. The number of imidazole rings is 1. The number of aldehydes is 1. The van der Waals surface area contributed by atoms with Crippen molar-refractivity contribution >= 4 is 6.29 Å². The maximum atomic E-state index is 13.9. The third-order valence-corrected chi connectivity index (χ3v) is 6.71. The highest BCUT2D eigenvalue weighted by molar-refractivity contribution is 5.82. The second-order valence-electron chi connectivity index (χ2n) is 9.49. The highest BCUT2D eigenvalue weighted by atomic mass is 16.2. The smallest absolute Gasteiger partial charge is 0.331 e. The summed E-state index contributed by atoms with van der Waals surface area (Å²) in [5, 5.41) is 14.6. The van der Waals surface area contributed by atoms with E-state index in [0.29, 0.717) is 23.8 Å². The van der Waals surface area contributed by atoms with E-state index in [2.05, 4.69) is 32.5 Å². The molecule has 1 N–H and O–H groups in total. The molecule has 10 heteroatoms. The highest BCUT2D eigenvalue weighted by Crippen LogP contribution is 2.32. The Morgan fingerprint density at radius 3 is 2.61 bits per heavy atom. The molecule has 38 heavy (non-hydrogen) atoms. The number of aromatic nitrogens is 8. The number of tetrazole rings is 1. The molecule has 0 atom stereocenters. The molecule has 0 bridgehead atoms. The average Bonchev–Trinajstić information content (AvgIpc) is 3.68. The highest BCUT2D eigenvalue weighted by Gasteiger charge is 2.21. The van der Waals surface area contributed by atoms with Gasteiger partial charge in [0.25, 0.3) is 0 Å². The zero-order valence-electron chi connectivity index (χ0n) is 21.7. The third-order valence-electron chi connectivity index (χ3n) is 6.71. The Kier molecular flexibility index (Phi) is 7.12. The van der Waals surface area contributed by atoms with Crippen LogP contribution in [0.2, 0.25) is 0 Å². The molecule has 10 nitrogen and oxygen atoms in total. The fourth-order valence-corrected chi connectivity index (χ4v) is 4.81. The molecule has 0 aliphatic carbocycles. The fraction of sp³-hybridized carbons (Fsp3) is 0.286. The van der Waals surface area contributed by atoms with Crippen molar-refractivity contribution in [3.63, 3.8) is 0 Å². The van der Waals surface area contributed by atoms with Gasteiger partial charge >= 0.3 is 5.69 Å². The molecule has 0 saturated carbocycles. The van der Waals surface area contributed by atoms with Gasteiger partial charge in [0.15, 0.2) is 6.29 Å². The zero-order chi connectivity index (χ0) is 26.6. The van der Waals surface area contributed by atoms with Crippen molar-refractivity contribution in [3.05, 3.63) is 88.5 Å². The molecule has 0 aliphatic rings. The summed E-state index contributed by atoms with van der Waals surface area (Å²) in [6.45, 7) is 6.51. The van der Waals surface area contributed by atoms with E-state index in [1.54, 1.807) is 27.6 Å². The first-order chi connectivity index (χ1) is 18.5. The first-order valence-corrected chi connectivity index (χ1v) is 12.8. The maximum absolute atomic E-state index is 13.9. The minimum atomic E-state index is -0.193. The van der Waals surface area contributed by atoms with Gasteiger partial charge in [0, 0.05) is 42.1 Å². The van der Waals surface area contributed by atoms with Crippen LogP contribution in [0.5, 0.6) is 0 Å². The molecular weight excluding hydrogens is 480 g/mol. The van der Waals surface area contributed by atoms with Crippen molar-refractivity contribution in [2.24, 2.45) is 0 Å². The van der Waals surface area contributed by atoms with Crippen LogP contribution in [0.1, 0.15) is 61.3 Å². The molecular formula is C28H30N8O2. The number of carbonyl (C=O) groups is 1. The number of nitrogens with zero attached hydrogens (tertiary/aromatic N) is 7. The van der Waals surface area contributed by atoms with Gasteiger partial charge in [0.05, 0.1) is 12.1 Å². The minimum Gasteiger partial charge on any atom is -0.331 e. The zero-order valence-corrected chi connectivity index (χ0v) is 21.7. The number of rotatable bonds is 10. The van der Waals surface area contributed by atoms with Gasteiger partial charge in [0.2, 0.25) is 5.82 Å². The van der Waals surface area contributed by atoms with Gasteiger partial charge in [-0.1, -0.05) is 37.6 Å². The largest absolute Gasteiger partial charge is 0.334 e. The van der Waals surface area contributed by atoms with Crippen molar-refractivity contribution in [3.8, 4) is 28.3 Å². The van der Waals surface area contributed by atoms with E-state index in [1.165, 1.54) is 0 Å². The molecule has 5 rings (SSSR count). The van der Waals surface area contributed by atoms with Crippen LogP contribution in [-0.4, -0.2) is 45.6 Å². The summed E-state index contributed by atoms with van der Waals surface area (Å²) < 4.78 is 5.35. The topological polar surface area (TPSA) is 116 Å².